The van der Waals surface area contributed by atoms with Gasteiger partial charge in [0.05, 0.1) is 12.3 Å². The molecule has 0 aliphatic heterocycles. The van der Waals surface area contributed by atoms with Crippen molar-refractivity contribution in [3.63, 3.8) is 0 Å². The lowest BCUT2D eigenvalue weighted by molar-refractivity contribution is 0.385. The van der Waals surface area contributed by atoms with Crippen molar-refractivity contribution in [1.29, 1.82) is 5.26 Å². The molecule has 1 aromatic heterocycles. The summed E-state index contributed by atoms with van der Waals surface area (Å²) in [7, 11) is -1.97. The van der Waals surface area contributed by atoms with E-state index >= 15 is 0 Å². The summed E-state index contributed by atoms with van der Waals surface area (Å²) < 4.78 is 26.8. The van der Waals surface area contributed by atoms with Gasteiger partial charge in [0.15, 0.2) is 0 Å². The quantitative estimate of drug-likeness (QED) is 0.713. The third-order valence-electron chi connectivity index (χ3n) is 2.09. The highest BCUT2D eigenvalue weighted by Crippen LogP contribution is 2.16. The van der Waals surface area contributed by atoms with Crippen LogP contribution in [0.15, 0.2) is 17.3 Å². The Hall–Kier alpha value is -1.39. The highest BCUT2D eigenvalue weighted by molar-refractivity contribution is 7.89. The fraction of sp³-hybridized carbons (Fsp3) is 0.556. The summed E-state index contributed by atoms with van der Waals surface area (Å²) in [5.74, 6) is 0. The lowest BCUT2D eigenvalue weighted by Crippen LogP contribution is -2.37. The summed E-state index contributed by atoms with van der Waals surface area (Å²) in [4.78, 5) is 0.110. The molecule has 16 heavy (non-hydrogen) atoms. The van der Waals surface area contributed by atoms with Gasteiger partial charge in [0.1, 0.15) is 11.4 Å². The molecular formula is C9H14N4O2S. The van der Waals surface area contributed by atoms with Gasteiger partial charge in [-0.2, -0.15) is 14.7 Å². The number of aryl methyl sites for hydroxylation is 1. The van der Waals surface area contributed by atoms with E-state index in [0.29, 0.717) is 0 Å². The predicted octanol–water partition coefficient (Wildman–Crippen LogP) is 0.343. The molecule has 0 aromatic carbocycles. The van der Waals surface area contributed by atoms with Crippen LogP contribution in [0.1, 0.15) is 13.8 Å². The first-order valence-corrected chi connectivity index (χ1v) is 6.21. The van der Waals surface area contributed by atoms with Crippen LogP contribution in [0.5, 0.6) is 0 Å². The number of sulfonamides is 1. The minimum atomic E-state index is -3.61. The fourth-order valence-corrected chi connectivity index (χ4v) is 2.80. The van der Waals surface area contributed by atoms with E-state index in [2.05, 4.69) is 5.10 Å². The van der Waals surface area contributed by atoms with Crippen LogP contribution in [0.2, 0.25) is 0 Å². The molecular weight excluding hydrogens is 228 g/mol. The minimum absolute atomic E-state index is 0.110. The number of nitrogens with zero attached hydrogens (tertiary/aromatic N) is 4. The Morgan fingerprint density at radius 2 is 2.25 bits per heavy atom. The van der Waals surface area contributed by atoms with Gasteiger partial charge in [-0.25, -0.2) is 8.42 Å². The maximum absolute atomic E-state index is 12.1. The van der Waals surface area contributed by atoms with Crippen molar-refractivity contribution in [2.75, 3.05) is 6.54 Å². The van der Waals surface area contributed by atoms with E-state index in [1.807, 2.05) is 6.07 Å². The van der Waals surface area contributed by atoms with Gasteiger partial charge < -0.3 is 0 Å². The second-order valence-corrected chi connectivity index (χ2v) is 5.54. The summed E-state index contributed by atoms with van der Waals surface area (Å²) >= 11 is 0. The molecule has 0 fully saturated rings. The van der Waals surface area contributed by atoms with Gasteiger partial charge in [-0.3, -0.25) is 4.68 Å². The topological polar surface area (TPSA) is 79.0 Å². The van der Waals surface area contributed by atoms with Crippen molar-refractivity contribution in [1.82, 2.24) is 14.1 Å². The van der Waals surface area contributed by atoms with Crippen molar-refractivity contribution in [3.05, 3.63) is 12.4 Å². The number of hydrogen-bond donors (Lipinski definition) is 0. The summed E-state index contributed by atoms with van der Waals surface area (Å²) in [6.07, 6.45) is 2.70. The van der Waals surface area contributed by atoms with E-state index in [1.54, 1.807) is 20.9 Å². The van der Waals surface area contributed by atoms with Gasteiger partial charge in [-0.1, -0.05) is 0 Å². The second kappa shape index (κ2) is 4.63. The summed E-state index contributed by atoms with van der Waals surface area (Å²) in [6, 6.07) is 1.59. The fourth-order valence-electron chi connectivity index (χ4n) is 1.28. The van der Waals surface area contributed by atoms with Crippen LogP contribution in [-0.4, -0.2) is 35.1 Å². The van der Waals surface area contributed by atoms with E-state index < -0.39 is 10.0 Å². The molecule has 0 aliphatic rings. The molecule has 0 N–H and O–H groups in total. The third-order valence-corrected chi connectivity index (χ3v) is 4.07. The molecule has 0 radical (unpaired) electrons. The maximum Gasteiger partial charge on any atom is 0.247 e. The zero-order valence-corrected chi connectivity index (χ0v) is 10.3. The molecule has 0 saturated carbocycles. The van der Waals surface area contributed by atoms with Crippen LogP contribution in [-0.2, 0) is 17.1 Å². The smallest absolute Gasteiger partial charge is 0.247 e. The Bertz CT molecular complexity index is 498. The van der Waals surface area contributed by atoms with Crippen molar-refractivity contribution in [2.45, 2.75) is 24.8 Å². The molecule has 6 nitrogen and oxygen atoms in total. The van der Waals surface area contributed by atoms with Gasteiger partial charge >= 0.3 is 0 Å². The van der Waals surface area contributed by atoms with Crippen molar-refractivity contribution >= 4 is 10.0 Å². The molecule has 1 aromatic rings. The molecule has 0 atom stereocenters. The van der Waals surface area contributed by atoms with E-state index in [4.69, 9.17) is 5.26 Å². The molecule has 88 valence electrons. The SMILES string of the molecule is CC(C)N(CC#N)S(=O)(=O)c1cnn(C)c1. The zero-order valence-electron chi connectivity index (χ0n) is 9.45. The summed E-state index contributed by atoms with van der Waals surface area (Å²) in [5.41, 5.74) is 0. The summed E-state index contributed by atoms with van der Waals surface area (Å²) in [6.45, 7) is 3.30. The van der Waals surface area contributed by atoms with Crippen molar-refractivity contribution in [2.24, 2.45) is 7.05 Å². The lowest BCUT2D eigenvalue weighted by Gasteiger charge is -2.21. The van der Waals surface area contributed by atoms with Crippen LogP contribution in [0.25, 0.3) is 0 Å². The van der Waals surface area contributed by atoms with Crippen LogP contribution in [0, 0.1) is 11.3 Å². The molecule has 1 heterocycles. The number of hydrogen-bond acceptors (Lipinski definition) is 4. The van der Waals surface area contributed by atoms with Crippen LogP contribution in [0.4, 0.5) is 0 Å². The third kappa shape index (κ3) is 2.40. The molecule has 0 saturated heterocycles. The summed E-state index contributed by atoms with van der Waals surface area (Å²) in [5, 5.41) is 12.4. The minimum Gasteiger partial charge on any atom is -0.274 e. The Labute approximate surface area is 95.1 Å². The van der Waals surface area contributed by atoms with Crippen LogP contribution >= 0.6 is 0 Å². The first kappa shape index (κ1) is 12.7. The highest BCUT2D eigenvalue weighted by Gasteiger charge is 2.27. The van der Waals surface area contributed by atoms with Gasteiger partial charge in [0.25, 0.3) is 0 Å². The van der Waals surface area contributed by atoms with Crippen LogP contribution in [0.3, 0.4) is 0 Å². The zero-order chi connectivity index (χ0) is 12.3. The highest BCUT2D eigenvalue weighted by atomic mass is 32.2. The average Bonchev–Trinajstić information content (AvgIpc) is 2.61. The van der Waals surface area contributed by atoms with Crippen molar-refractivity contribution < 1.29 is 8.42 Å². The number of rotatable bonds is 4. The van der Waals surface area contributed by atoms with E-state index in [9.17, 15) is 8.42 Å². The first-order chi connectivity index (χ1) is 7.39. The van der Waals surface area contributed by atoms with Gasteiger partial charge in [0, 0.05) is 19.3 Å². The van der Waals surface area contributed by atoms with Crippen molar-refractivity contribution in [3.8, 4) is 6.07 Å². The van der Waals surface area contributed by atoms with Gasteiger partial charge in [0.2, 0.25) is 10.0 Å². The molecule has 7 heteroatoms. The van der Waals surface area contributed by atoms with E-state index in [-0.39, 0.29) is 17.5 Å². The second-order valence-electron chi connectivity index (χ2n) is 3.65. The van der Waals surface area contributed by atoms with Gasteiger partial charge in [-0.05, 0) is 13.8 Å². The average molecular weight is 242 g/mol. The Kier molecular flexibility index (Phi) is 3.67. The normalized spacial score (nSPS) is 12.0. The first-order valence-electron chi connectivity index (χ1n) is 4.77. The lowest BCUT2D eigenvalue weighted by atomic mass is 10.4. The van der Waals surface area contributed by atoms with E-state index in [1.165, 1.54) is 17.1 Å². The Morgan fingerprint density at radius 1 is 1.62 bits per heavy atom. The van der Waals surface area contributed by atoms with Crippen LogP contribution < -0.4 is 0 Å². The molecule has 0 spiro atoms. The Morgan fingerprint density at radius 3 is 2.62 bits per heavy atom. The predicted molar refractivity (Wildman–Crippen MR) is 57.8 cm³/mol. The molecule has 0 bridgehead atoms. The monoisotopic (exact) mass is 242 g/mol. The molecule has 0 unspecified atom stereocenters. The maximum atomic E-state index is 12.1. The number of aromatic nitrogens is 2. The standard InChI is InChI=1S/C9H14N4O2S/c1-8(2)13(5-4-10)16(14,15)9-6-11-12(3)7-9/h6-8H,5H2,1-3H3. The number of nitriles is 1. The van der Waals surface area contributed by atoms with E-state index in [0.717, 1.165) is 4.31 Å². The van der Waals surface area contributed by atoms with Gasteiger partial charge in [-0.15, -0.1) is 0 Å². The molecule has 0 amide bonds. The Balaban J connectivity index is 3.14. The molecule has 1 rings (SSSR count). The largest absolute Gasteiger partial charge is 0.274 e. The molecule has 0 aliphatic carbocycles.